The Morgan fingerprint density at radius 3 is 3.06 bits per heavy atom. The molecule has 2 aliphatic carbocycles. The van der Waals surface area contributed by atoms with Crippen molar-refractivity contribution in [3.8, 4) is 0 Å². The summed E-state index contributed by atoms with van der Waals surface area (Å²) in [6, 6.07) is 8.59. The summed E-state index contributed by atoms with van der Waals surface area (Å²) < 4.78 is 0. The molecule has 0 amide bonds. The largest absolute Gasteiger partial charge is 0.378 e. The zero-order valence-electron chi connectivity index (χ0n) is 9.49. The maximum atomic E-state index is 12.1. The molecule has 0 radical (unpaired) electrons. The van der Waals surface area contributed by atoms with Gasteiger partial charge in [-0.15, -0.1) is 0 Å². The van der Waals surface area contributed by atoms with E-state index in [1.165, 1.54) is 16.7 Å². The van der Waals surface area contributed by atoms with Gasteiger partial charge in [0.2, 0.25) is 0 Å². The highest BCUT2D eigenvalue weighted by Crippen LogP contribution is 2.44. The zero-order chi connectivity index (χ0) is 11.4. The number of fused-ring (bicyclic) bond motifs is 4. The first kappa shape index (κ1) is 9.23. The molecule has 1 aliphatic heterocycles. The summed E-state index contributed by atoms with van der Waals surface area (Å²) in [5.41, 5.74) is 5.82. The second kappa shape index (κ2) is 3.10. The smallest absolute Gasteiger partial charge is 0.161 e. The molecule has 1 unspecified atom stereocenters. The minimum Gasteiger partial charge on any atom is -0.378 e. The molecule has 1 aromatic carbocycles. The Bertz CT molecular complexity index is 595. The fourth-order valence-electron chi connectivity index (χ4n) is 3.21. The van der Waals surface area contributed by atoms with Crippen LogP contribution >= 0.6 is 0 Å². The van der Waals surface area contributed by atoms with Crippen molar-refractivity contribution in [2.24, 2.45) is 0 Å². The second-order valence-corrected chi connectivity index (χ2v) is 4.95. The van der Waals surface area contributed by atoms with Gasteiger partial charge in [0.15, 0.2) is 5.78 Å². The number of hydrogen-bond acceptors (Lipinski definition) is 2. The van der Waals surface area contributed by atoms with E-state index in [1.807, 2.05) is 12.1 Å². The van der Waals surface area contributed by atoms with Crippen molar-refractivity contribution in [3.05, 3.63) is 46.7 Å². The lowest BCUT2D eigenvalue weighted by atomic mass is 9.86. The van der Waals surface area contributed by atoms with Gasteiger partial charge in [-0.1, -0.05) is 24.3 Å². The van der Waals surface area contributed by atoms with Crippen LogP contribution in [0.5, 0.6) is 0 Å². The first-order chi connectivity index (χ1) is 8.34. The molecule has 1 atom stereocenters. The SMILES string of the molecule is O=C1CCCC2NC3=Cc4ccccc4C3=C12. The lowest BCUT2D eigenvalue weighted by Gasteiger charge is -2.20. The van der Waals surface area contributed by atoms with Gasteiger partial charge in [0.1, 0.15) is 0 Å². The van der Waals surface area contributed by atoms with E-state index in [9.17, 15) is 4.79 Å². The van der Waals surface area contributed by atoms with Crippen molar-refractivity contribution in [3.63, 3.8) is 0 Å². The maximum Gasteiger partial charge on any atom is 0.161 e. The van der Waals surface area contributed by atoms with E-state index in [0.29, 0.717) is 12.2 Å². The van der Waals surface area contributed by atoms with Crippen LogP contribution in [0.4, 0.5) is 0 Å². The molecule has 1 heterocycles. The Balaban J connectivity index is 1.98. The second-order valence-electron chi connectivity index (χ2n) is 4.95. The van der Waals surface area contributed by atoms with Crippen molar-refractivity contribution < 1.29 is 4.79 Å². The van der Waals surface area contributed by atoms with E-state index in [0.717, 1.165) is 24.1 Å². The summed E-state index contributed by atoms with van der Waals surface area (Å²) >= 11 is 0. The van der Waals surface area contributed by atoms with E-state index in [4.69, 9.17) is 0 Å². The lowest BCUT2D eigenvalue weighted by molar-refractivity contribution is -0.116. The van der Waals surface area contributed by atoms with Crippen molar-refractivity contribution in [1.82, 2.24) is 5.32 Å². The average Bonchev–Trinajstić information content (AvgIpc) is 2.84. The number of hydrogen-bond donors (Lipinski definition) is 1. The third-order valence-electron chi connectivity index (χ3n) is 3.94. The summed E-state index contributed by atoms with van der Waals surface area (Å²) in [7, 11) is 0. The van der Waals surface area contributed by atoms with Crippen LogP contribution in [-0.4, -0.2) is 11.8 Å². The third kappa shape index (κ3) is 1.13. The lowest BCUT2D eigenvalue weighted by Crippen LogP contribution is -2.30. The highest BCUT2D eigenvalue weighted by atomic mass is 16.1. The van der Waals surface area contributed by atoms with Crippen molar-refractivity contribution in [2.45, 2.75) is 25.3 Å². The van der Waals surface area contributed by atoms with Crippen LogP contribution in [-0.2, 0) is 4.79 Å². The molecule has 3 aliphatic rings. The molecular weight excluding hydrogens is 210 g/mol. The molecule has 0 bridgehead atoms. The van der Waals surface area contributed by atoms with Crippen LogP contribution in [0.25, 0.3) is 11.6 Å². The summed E-state index contributed by atoms with van der Waals surface area (Å²) in [6.07, 6.45) is 4.99. The Hall–Kier alpha value is -1.83. The highest BCUT2D eigenvalue weighted by Gasteiger charge is 2.38. The quantitative estimate of drug-likeness (QED) is 0.732. The van der Waals surface area contributed by atoms with Gasteiger partial charge in [0, 0.05) is 23.3 Å². The molecule has 17 heavy (non-hydrogen) atoms. The molecule has 4 rings (SSSR count). The molecule has 1 fully saturated rings. The predicted molar refractivity (Wildman–Crippen MR) is 67.1 cm³/mol. The number of carbonyl (C=O) groups excluding carboxylic acids is 1. The Morgan fingerprint density at radius 2 is 2.12 bits per heavy atom. The molecule has 1 N–H and O–H groups in total. The van der Waals surface area contributed by atoms with Gasteiger partial charge in [-0.2, -0.15) is 0 Å². The number of ketones is 1. The van der Waals surface area contributed by atoms with E-state index in [1.54, 1.807) is 0 Å². The summed E-state index contributed by atoms with van der Waals surface area (Å²) in [5, 5.41) is 3.50. The Kier molecular flexibility index (Phi) is 1.68. The third-order valence-corrected chi connectivity index (χ3v) is 3.94. The van der Waals surface area contributed by atoms with Gasteiger partial charge in [0.25, 0.3) is 0 Å². The van der Waals surface area contributed by atoms with Crippen LogP contribution in [0.3, 0.4) is 0 Å². The Labute approximate surface area is 100 Å². The van der Waals surface area contributed by atoms with Gasteiger partial charge < -0.3 is 5.32 Å². The predicted octanol–water partition coefficient (Wildman–Crippen LogP) is 2.52. The highest BCUT2D eigenvalue weighted by molar-refractivity contribution is 6.12. The first-order valence-corrected chi connectivity index (χ1v) is 6.20. The van der Waals surface area contributed by atoms with Crippen molar-refractivity contribution in [2.75, 3.05) is 0 Å². The number of carbonyl (C=O) groups is 1. The fourth-order valence-corrected chi connectivity index (χ4v) is 3.21. The molecule has 2 heteroatoms. The normalized spacial score (nSPS) is 25.1. The van der Waals surface area contributed by atoms with Gasteiger partial charge >= 0.3 is 0 Å². The molecule has 1 saturated carbocycles. The fraction of sp³-hybridized carbons (Fsp3) is 0.267. The minimum atomic E-state index is 0.269. The summed E-state index contributed by atoms with van der Waals surface area (Å²) in [5.74, 6) is 0.337. The molecule has 1 aromatic rings. The molecule has 0 saturated heterocycles. The number of rotatable bonds is 0. The number of benzene rings is 1. The summed E-state index contributed by atoms with van der Waals surface area (Å²) in [4.78, 5) is 12.1. The first-order valence-electron chi connectivity index (χ1n) is 6.20. The molecule has 0 aromatic heterocycles. The van der Waals surface area contributed by atoms with Crippen LogP contribution in [0, 0.1) is 0 Å². The molecule has 2 nitrogen and oxygen atoms in total. The standard InChI is InChI=1S/C15H13NO/c17-13-7-3-6-11-15(13)14-10-5-2-1-4-9(10)8-12(14)16-11/h1-2,4-5,8,11,16H,3,6-7H2. The average molecular weight is 223 g/mol. The number of allylic oxidation sites excluding steroid dienone is 1. The molecule has 84 valence electrons. The molecule has 0 spiro atoms. The number of Topliss-reactive ketones (excluding diaryl/α,β-unsaturated/α-hetero) is 1. The van der Waals surface area contributed by atoms with Crippen LogP contribution in [0.2, 0.25) is 0 Å². The summed E-state index contributed by atoms with van der Waals surface area (Å²) in [6.45, 7) is 0. The number of nitrogens with one attached hydrogen (secondary N) is 1. The van der Waals surface area contributed by atoms with Crippen LogP contribution in [0.15, 0.2) is 35.5 Å². The van der Waals surface area contributed by atoms with E-state index in [-0.39, 0.29) is 6.04 Å². The van der Waals surface area contributed by atoms with E-state index in [2.05, 4.69) is 23.5 Å². The van der Waals surface area contributed by atoms with Crippen molar-refractivity contribution >= 4 is 17.4 Å². The van der Waals surface area contributed by atoms with Gasteiger partial charge in [-0.3, -0.25) is 4.79 Å². The van der Waals surface area contributed by atoms with E-state index >= 15 is 0 Å². The van der Waals surface area contributed by atoms with Gasteiger partial charge in [-0.05, 0) is 30.0 Å². The Morgan fingerprint density at radius 1 is 1.24 bits per heavy atom. The maximum absolute atomic E-state index is 12.1. The van der Waals surface area contributed by atoms with Crippen LogP contribution < -0.4 is 5.32 Å². The van der Waals surface area contributed by atoms with Crippen molar-refractivity contribution in [1.29, 1.82) is 0 Å². The monoisotopic (exact) mass is 223 g/mol. The minimum absolute atomic E-state index is 0.269. The van der Waals surface area contributed by atoms with Crippen LogP contribution in [0.1, 0.15) is 30.4 Å². The van der Waals surface area contributed by atoms with Gasteiger partial charge in [0.05, 0.1) is 6.04 Å². The zero-order valence-corrected chi connectivity index (χ0v) is 9.49. The topological polar surface area (TPSA) is 29.1 Å². The molecular formula is C15H13NO. The van der Waals surface area contributed by atoms with Gasteiger partial charge in [-0.25, -0.2) is 0 Å². The van der Waals surface area contributed by atoms with E-state index < -0.39 is 0 Å².